The lowest BCUT2D eigenvalue weighted by molar-refractivity contribution is -0.142. The summed E-state index contributed by atoms with van der Waals surface area (Å²) in [4.78, 5) is 26.8. The molecule has 0 unspecified atom stereocenters. The Balaban J connectivity index is 1.49. The molecule has 3 aromatic heterocycles. The number of hydrogen-bond acceptors (Lipinski definition) is 7. The number of aliphatic carboxylic acids is 1. The van der Waals surface area contributed by atoms with Crippen molar-refractivity contribution in [3.05, 3.63) is 24.7 Å². The van der Waals surface area contributed by atoms with Crippen LogP contribution in [0, 0.1) is 5.92 Å². The molecule has 0 amide bonds. The number of nitrogens with zero attached hydrogens (tertiary/aromatic N) is 7. The van der Waals surface area contributed by atoms with E-state index in [9.17, 15) is 4.79 Å². The molecule has 0 aromatic carbocycles. The zero-order chi connectivity index (χ0) is 20.1. The summed E-state index contributed by atoms with van der Waals surface area (Å²) in [7, 11) is 0. The van der Waals surface area contributed by atoms with Gasteiger partial charge in [0.15, 0.2) is 5.82 Å². The van der Waals surface area contributed by atoms with Gasteiger partial charge < -0.3 is 19.3 Å². The fourth-order valence-corrected chi connectivity index (χ4v) is 3.67. The van der Waals surface area contributed by atoms with Gasteiger partial charge in [0.1, 0.15) is 30.3 Å². The van der Waals surface area contributed by atoms with Gasteiger partial charge in [0.25, 0.3) is 0 Å². The summed E-state index contributed by atoms with van der Waals surface area (Å²) in [5, 5.41) is 13.4. The number of aromatic nitrogens is 6. The summed E-state index contributed by atoms with van der Waals surface area (Å²) >= 11 is 0. The number of carbonyl (C=O) groups is 1. The van der Waals surface area contributed by atoms with Crippen LogP contribution in [0.2, 0.25) is 0 Å². The highest BCUT2D eigenvalue weighted by molar-refractivity contribution is 5.75. The van der Waals surface area contributed by atoms with Crippen LogP contribution in [0.4, 0.5) is 5.82 Å². The lowest BCUT2D eigenvalue weighted by Crippen LogP contribution is -2.50. The molecule has 2 aliphatic heterocycles. The second-order valence-electron chi connectivity index (χ2n) is 7.58. The van der Waals surface area contributed by atoms with E-state index in [0.717, 1.165) is 28.7 Å². The minimum Gasteiger partial charge on any atom is -0.481 e. The van der Waals surface area contributed by atoms with Crippen LogP contribution in [0.25, 0.3) is 22.9 Å². The number of carboxylic acids is 1. The number of pyridine rings is 1. The largest absolute Gasteiger partial charge is 0.481 e. The molecule has 5 rings (SSSR count). The average Bonchev–Trinajstić information content (AvgIpc) is 3.24. The van der Waals surface area contributed by atoms with Crippen molar-refractivity contribution < 1.29 is 14.6 Å². The number of carboxylic acid groups (broad SMARTS) is 1. The molecule has 0 bridgehead atoms. The van der Waals surface area contributed by atoms with Crippen LogP contribution in [-0.2, 0) is 11.3 Å². The second kappa shape index (κ2) is 6.57. The lowest BCUT2D eigenvalue weighted by atomic mass is 10.0. The number of ether oxygens (including phenoxy) is 1. The third kappa shape index (κ3) is 2.91. The quantitative estimate of drug-likeness (QED) is 0.711. The van der Waals surface area contributed by atoms with Crippen molar-refractivity contribution in [2.24, 2.45) is 5.92 Å². The van der Waals surface area contributed by atoms with E-state index < -0.39 is 5.97 Å². The SMILES string of the molecule is CC(C)n1ncnc1-c1cn2c(n1)-c1ccc(N3CC(C(=O)O)C3)nc1OCC2. The molecule has 0 saturated carbocycles. The van der Waals surface area contributed by atoms with Crippen LogP contribution in [0.5, 0.6) is 5.88 Å². The molecule has 3 aromatic rings. The number of fused-ring (bicyclic) bond motifs is 3. The van der Waals surface area contributed by atoms with E-state index in [0.29, 0.717) is 32.1 Å². The van der Waals surface area contributed by atoms with E-state index in [4.69, 9.17) is 14.8 Å². The molecule has 150 valence electrons. The first-order valence-electron chi connectivity index (χ1n) is 9.60. The van der Waals surface area contributed by atoms with Crippen molar-refractivity contribution in [2.75, 3.05) is 24.6 Å². The standard InChI is InChI=1S/C19H21N7O3/c1-11(2)26-17(20-10-21-26)14-9-24-5-6-29-18-13(16(24)22-14)3-4-15(23-18)25-7-12(8-25)19(27)28/h3-4,9-12H,5-8H2,1-2H3,(H,27,28). The molecular weight excluding hydrogens is 374 g/mol. The molecule has 29 heavy (non-hydrogen) atoms. The zero-order valence-electron chi connectivity index (χ0n) is 16.2. The Kier molecular flexibility index (Phi) is 4.00. The van der Waals surface area contributed by atoms with Gasteiger partial charge in [0.2, 0.25) is 5.88 Å². The number of rotatable bonds is 4. The highest BCUT2D eigenvalue weighted by Crippen LogP contribution is 2.35. The Labute approximate surface area is 166 Å². The maximum absolute atomic E-state index is 11.0. The van der Waals surface area contributed by atoms with Gasteiger partial charge in [-0.05, 0) is 26.0 Å². The smallest absolute Gasteiger partial charge is 0.310 e. The number of anilines is 1. The molecule has 0 radical (unpaired) electrons. The maximum atomic E-state index is 11.0. The normalized spacial score (nSPS) is 16.0. The number of imidazole rings is 1. The minimum absolute atomic E-state index is 0.181. The molecule has 2 aliphatic rings. The highest BCUT2D eigenvalue weighted by Gasteiger charge is 2.34. The molecule has 1 saturated heterocycles. The van der Waals surface area contributed by atoms with Crippen LogP contribution in [0.1, 0.15) is 19.9 Å². The summed E-state index contributed by atoms with van der Waals surface area (Å²) in [5.74, 6) is 1.64. The first-order valence-corrected chi connectivity index (χ1v) is 9.60. The summed E-state index contributed by atoms with van der Waals surface area (Å²) in [6, 6.07) is 4.01. The third-order valence-electron chi connectivity index (χ3n) is 5.28. The summed E-state index contributed by atoms with van der Waals surface area (Å²) in [6.45, 7) is 6.15. The fourth-order valence-electron chi connectivity index (χ4n) is 3.67. The summed E-state index contributed by atoms with van der Waals surface area (Å²) < 4.78 is 9.77. The molecule has 0 aliphatic carbocycles. The zero-order valence-corrected chi connectivity index (χ0v) is 16.2. The topological polar surface area (TPSA) is 111 Å². The van der Waals surface area contributed by atoms with Crippen molar-refractivity contribution >= 4 is 11.8 Å². The van der Waals surface area contributed by atoms with E-state index in [1.807, 2.05) is 32.5 Å². The molecule has 5 heterocycles. The molecule has 1 fully saturated rings. The van der Waals surface area contributed by atoms with Crippen LogP contribution < -0.4 is 9.64 Å². The van der Waals surface area contributed by atoms with Gasteiger partial charge >= 0.3 is 5.97 Å². The summed E-state index contributed by atoms with van der Waals surface area (Å²) in [5.41, 5.74) is 1.57. The van der Waals surface area contributed by atoms with Crippen molar-refractivity contribution in [1.29, 1.82) is 0 Å². The first-order chi connectivity index (χ1) is 14.0. The Bertz CT molecular complexity index is 1080. The van der Waals surface area contributed by atoms with E-state index >= 15 is 0 Å². The molecule has 10 heteroatoms. The van der Waals surface area contributed by atoms with Crippen molar-refractivity contribution in [2.45, 2.75) is 26.4 Å². The van der Waals surface area contributed by atoms with Crippen LogP contribution in [0.15, 0.2) is 24.7 Å². The molecule has 0 atom stereocenters. The van der Waals surface area contributed by atoms with E-state index in [1.165, 1.54) is 0 Å². The third-order valence-corrected chi connectivity index (χ3v) is 5.28. The fraction of sp³-hybridized carbons (Fsp3) is 0.421. The Morgan fingerprint density at radius 3 is 2.83 bits per heavy atom. The second-order valence-corrected chi connectivity index (χ2v) is 7.58. The minimum atomic E-state index is -0.768. The average molecular weight is 395 g/mol. The van der Waals surface area contributed by atoms with Gasteiger partial charge in [-0.15, -0.1) is 0 Å². The van der Waals surface area contributed by atoms with Gasteiger partial charge in [0, 0.05) is 25.3 Å². The van der Waals surface area contributed by atoms with Crippen molar-refractivity contribution in [1.82, 2.24) is 29.3 Å². The van der Waals surface area contributed by atoms with Crippen LogP contribution in [-0.4, -0.2) is 60.1 Å². The maximum Gasteiger partial charge on any atom is 0.310 e. The van der Waals surface area contributed by atoms with Gasteiger partial charge in [-0.2, -0.15) is 10.1 Å². The van der Waals surface area contributed by atoms with Gasteiger partial charge in [-0.25, -0.2) is 14.6 Å². The van der Waals surface area contributed by atoms with Crippen LogP contribution >= 0.6 is 0 Å². The van der Waals surface area contributed by atoms with E-state index in [1.54, 1.807) is 6.33 Å². The molecular formula is C19H21N7O3. The number of hydrogen-bond donors (Lipinski definition) is 1. The molecule has 1 N–H and O–H groups in total. The Morgan fingerprint density at radius 2 is 2.07 bits per heavy atom. The predicted octanol–water partition coefficient (Wildman–Crippen LogP) is 1.70. The lowest BCUT2D eigenvalue weighted by Gasteiger charge is -2.37. The molecule has 10 nitrogen and oxygen atoms in total. The van der Waals surface area contributed by atoms with E-state index in [2.05, 4.69) is 28.9 Å². The Morgan fingerprint density at radius 1 is 1.24 bits per heavy atom. The first kappa shape index (κ1) is 17.7. The monoisotopic (exact) mass is 395 g/mol. The predicted molar refractivity (Wildman–Crippen MR) is 104 cm³/mol. The van der Waals surface area contributed by atoms with Crippen molar-refractivity contribution in [3.63, 3.8) is 0 Å². The van der Waals surface area contributed by atoms with E-state index in [-0.39, 0.29) is 12.0 Å². The molecule has 0 spiro atoms. The van der Waals surface area contributed by atoms with Gasteiger partial charge in [0.05, 0.1) is 18.0 Å². The van der Waals surface area contributed by atoms with Gasteiger partial charge in [-0.3, -0.25) is 4.79 Å². The van der Waals surface area contributed by atoms with Gasteiger partial charge in [-0.1, -0.05) is 0 Å². The Hall–Kier alpha value is -3.43. The van der Waals surface area contributed by atoms with Crippen molar-refractivity contribution in [3.8, 4) is 28.8 Å². The summed E-state index contributed by atoms with van der Waals surface area (Å²) in [6.07, 6.45) is 3.51. The highest BCUT2D eigenvalue weighted by atomic mass is 16.5. The van der Waals surface area contributed by atoms with Crippen LogP contribution in [0.3, 0.4) is 0 Å².